The summed E-state index contributed by atoms with van der Waals surface area (Å²) < 4.78 is 25.9. The van der Waals surface area contributed by atoms with E-state index >= 15 is 0 Å². The molecule has 6 aromatic rings. The number of aromatic nitrogens is 4. The number of aliphatic hydroxyl groups is 1. The fourth-order valence-corrected chi connectivity index (χ4v) is 10.1. The van der Waals surface area contributed by atoms with Crippen LogP contribution >= 0.6 is 11.3 Å². The average Bonchev–Trinajstić information content (AvgIpc) is 4.10. The van der Waals surface area contributed by atoms with Crippen LogP contribution in [0.5, 0.6) is 5.75 Å². The standard InChI is InChI=1S/C56H61FN12O8S/c1-34-50(78-33-63-34)36-11-9-35(10-12-36)28-62-54(74)45-26-39(70)30-69(45)55(75)51(56(2,3)4)66-48(72)32-77-24-19-60-47(71)31-67-20-22-68(23-21-67)44-25-37(40-29-59-17-15-38(40)27-58)13-14-42(44)65-53(73)43-16-18-61-52(64-43)49-41(57)7-6-8-46(49)76-5/h6-18,25,29,33,39,45,51,70H,19-24,26,28,30-32H2,1-5H3,(H,60,71)(H,62,74)(H,65,73)(H,66,72)/t39-,45+,51-/m1/s1. The van der Waals surface area contributed by atoms with Crippen LogP contribution in [0.15, 0.2) is 96.9 Å². The normalized spacial score (nSPS) is 16.0. The van der Waals surface area contributed by atoms with Gasteiger partial charge >= 0.3 is 0 Å². The van der Waals surface area contributed by atoms with Crippen LogP contribution in [-0.4, -0.2) is 149 Å². The van der Waals surface area contributed by atoms with Gasteiger partial charge in [-0.05, 0) is 65.4 Å². The minimum atomic E-state index is -1.04. The van der Waals surface area contributed by atoms with E-state index in [4.69, 9.17) is 9.47 Å². The van der Waals surface area contributed by atoms with Crippen molar-refractivity contribution in [3.8, 4) is 44.8 Å². The second-order valence-corrected chi connectivity index (χ2v) is 20.8. The number of amides is 5. The molecule has 22 heteroatoms. The molecule has 0 unspecified atom stereocenters. The first-order valence-electron chi connectivity index (χ1n) is 25.3. The molecule has 3 aromatic carbocycles. The molecule has 2 saturated heterocycles. The van der Waals surface area contributed by atoms with Crippen LogP contribution in [0.1, 0.15) is 54.5 Å². The minimum Gasteiger partial charge on any atom is -0.496 e. The molecule has 0 spiro atoms. The fourth-order valence-electron chi connectivity index (χ4n) is 9.29. The molecule has 5 heterocycles. The number of methoxy groups -OCH3 is 1. The molecule has 3 aromatic heterocycles. The number of likely N-dealkylation sites (tertiary alicyclic amines) is 1. The van der Waals surface area contributed by atoms with Gasteiger partial charge in [-0.2, -0.15) is 5.26 Å². The molecule has 0 saturated carbocycles. The van der Waals surface area contributed by atoms with E-state index in [0.29, 0.717) is 54.2 Å². The molecule has 5 N–H and O–H groups in total. The highest BCUT2D eigenvalue weighted by molar-refractivity contribution is 7.13. The first-order valence-corrected chi connectivity index (χ1v) is 26.2. The lowest BCUT2D eigenvalue weighted by Gasteiger charge is -2.36. The number of aryl methyl sites for hydroxylation is 1. The summed E-state index contributed by atoms with van der Waals surface area (Å²) in [6.07, 6.45) is 3.65. The zero-order valence-electron chi connectivity index (χ0n) is 43.9. The van der Waals surface area contributed by atoms with Crippen molar-refractivity contribution in [1.29, 1.82) is 5.26 Å². The second-order valence-electron chi connectivity index (χ2n) is 19.9. The molecule has 5 amide bonds. The molecule has 8 rings (SSSR count). The summed E-state index contributed by atoms with van der Waals surface area (Å²) in [5.41, 5.74) is 6.69. The summed E-state index contributed by atoms with van der Waals surface area (Å²) in [4.78, 5) is 91.3. The first-order chi connectivity index (χ1) is 37.5. The summed E-state index contributed by atoms with van der Waals surface area (Å²) in [5, 5.41) is 32.0. The second kappa shape index (κ2) is 25.3. The topological polar surface area (TPSA) is 257 Å². The van der Waals surface area contributed by atoms with Crippen molar-refractivity contribution in [2.45, 2.75) is 58.8 Å². The van der Waals surface area contributed by atoms with Crippen molar-refractivity contribution in [2.24, 2.45) is 5.41 Å². The number of anilines is 2. The van der Waals surface area contributed by atoms with E-state index in [-0.39, 0.29) is 67.9 Å². The van der Waals surface area contributed by atoms with Crippen LogP contribution in [0, 0.1) is 29.5 Å². The third-order valence-electron chi connectivity index (χ3n) is 13.4. The van der Waals surface area contributed by atoms with E-state index in [1.165, 1.54) is 42.6 Å². The van der Waals surface area contributed by atoms with Crippen molar-refractivity contribution < 1.29 is 42.9 Å². The lowest BCUT2D eigenvalue weighted by Crippen LogP contribution is -2.58. The number of halogens is 1. The third kappa shape index (κ3) is 13.7. The fraction of sp³-hybridized carbons (Fsp3) is 0.357. The highest BCUT2D eigenvalue weighted by atomic mass is 32.1. The molecule has 406 valence electrons. The number of nitrogens with zero attached hydrogens (tertiary/aromatic N) is 8. The van der Waals surface area contributed by atoms with E-state index in [2.05, 4.69) is 52.2 Å². The van der Waals surface area contributed by atoms with Crippen LogP contribution in [0.3, 0.4) is 0 Å². The molecular formula is C56H61FN12O8S. The number of hydrogen-bond acceptors (Lipinski definition) is 16. The number of benzene rings is 3. The van der Waals surface area contributed by atoms with Gasteiger partial charge in [0.2, 0.25) is 23.6 Å². The van der Waals surface area contributed by atoms with Crippen molar-refractivity contribution >= 4 is 52.2 Å². The van der Waals surface area contributed by atoms with Gasteiger partial charge in [0.15, 0.2) is 5.82 Å². The van der Waals surface area contributed by atoms with Gasteiger partial charge in [-0.15, -0.1) is 11.3 Å². The zero-order valence-corrected chi connectivity index (χ0v) is 44.7. The molecule has 2 aliphatic rings. The number of β-amino-alcohol motifs (C(OH)–C–C–N with tert-alkyl or cyclic N) is 1. The van der Waals surface area contributed by atoms with Gasteiger partial charge in [-0.1, -0.05) is 57.2 Å². The minimum absolute atomic E-state index is 0.0121. The van der Waals surface area contributed by atoms with E-state index in [9.17, 15) is 38.7 Å². The summed E-state index contributed by atoms with van der Waals surface area (Å²) in [6.45, 7) is 9.21. The smallest absolute Gasteiger partial charge is 0.274 e. The number of rotatable bonds is 19. The highest BCUT2D eigenvalue weighted by Gasteiger charge is 2.44. The summed E-state index contributed by atoms with van der Waals surface area (Å²) in [5.74, 6) is -2.72. The van der Waals surface area contributed by atoms with Gasteiger partial charge in [0.05, 0.1) is 71.0 Å². The van der Waals surface area contributed by atoms with Crippen LogP contribution in [0.4, 0.5) is 15.8 Å². The van der Waals surface area contributed by atoms with E-state index in [0.717, 1.165) is 21.7 Å². The Morgan fingerprint density at radius 1 is 0.949 bits per heavy atom. The third-order valence-corrected chi connectivity index (χ3v) is 14.4. The van der Waals surface area contributed by atoms with Crippen LogP contribution in [-0.2, 0) is 30.5 Å². The molecule has 0 radical (unpaired) electrons. The summed E-state index contributed by atoms with van der Waals surface area (Å²) in [7, 11) is 1.40. The van der Waals surface area contributed by atoms with Gasteiger partial charge in [0.25, 0.3) is 5.91 Å². The first kappa shape index (κ1) is 56.0. The Morgan fingerprint density at radius 2 is 1.72 bits per heavy atom. The van der Waals surface area contributed by atoms with Gasteiger partial charge in [0.1, 0.15) is 36.0 Å². The number of ether oxygens (including phenoxy) is 2. The number of piperazine rings is 1. The Morgan fingerprint density at radius 3 is 2.44 bits per heavy atom. The summed E-state index contributed by atoms with van der Waals surface area (Å²) in [6, 6.07) is 20.8. The zero-order chi connectivity index (χ0) is 55.5. The van der Waals surface area contributed by atoms with Crippen LogP contribution in [0.25, 0.3) is 33.0 Å². The number of thiazole rings is 1. The summed E-state index contributed by atoms with van der Waals surface area (Å²) >= 11 is 1.55. The number of nitrogens with one attached hydrogen (secondary N) is 4. The maximum atomic E-state index is 15.0. The average molecular weight is 1080 g/mol. The SMILES string of the molecule is COc1cccc(F)c1-c1nccc(C(=O)Nc2ccc(-c3cnccc3C#N)cc2N2CCN(CC(=O)NCCOCC(=O)N[C@H](C(=O)N3C[C@H](O)C[C@H]3C(=O)NCc3ccc(-c4scnc4C)cc3)C(C)(C)C)CC2)n1. The number of nitriles is 1. The molecule has 20 nitrogen and oxygen atoms in total. The van der Waals surface area contributed by atoms with Gasteiger partial charge in [0, 0.05) is 76.4 Å². The van der Waals surface area contributed by atoms with E-state index in [1.807, 2.05) is 42.2 Å². The van der Waals surface area contributed by atoms with Crippen molar-refractivity contribution in [3.05, 3.63) is 125 Å². The Hall–Kier alpha value is -8.23. The van der Waals surface area contributed by atoms with Gasteiger partial charge in [-0.25, -0.2) is 19.3 Å². The lowest BCUT2D eigenvalue weighted by atomic mass is 9.85. The maximum absolute atomic E-state index is 15.0. The van der Waals surface area contributed by atoms with Crippen molar-refractivity contribution in [1.82, 2.24) is 45.7 Å². The molecule has 78 heavy (non-hydrogen) atoms. The predicted molar refractivity (Wildman–Crippen MR) is 290 cm³/mol. The van der Waals surface area contributed by atoms with Crippen molar-refractivity contribution in [2.75, 3.05) is 76.4 Å². The Kier molecular flexibility index (Phi) is 18.1. The molecule has 3 atom stereocenters. The van der Waals surface area contributed by atoms with Gasteiger partial charge in [-0.3, -0.25) is 33.9 Å². The molecule has 2 fully saturated rings. The van der Waals surface area contributed by atoms with Gasteiger partial charge < -0.3 is 45.6 Å². The van der Waals surface area contributed by atoms with E-state index in [1.54, 1.807) is 68.1 Å². The number of aliphatic hydroxyl groups excluding tert-OH is 1. The molecular weight excluding hydrogens is 1020 g/mol. The number of hydrogen-bond donors (Lipinski definition) is 5. The monoisotopic (exact) mass is 1080 g/mol. The molecule has 0 bridgehead atoms. The van der Waals surface area contributed by atoms with Crippen LogP contribution in [0.2, 0.25) is 0 Å². The largest absolute Gasteiger partial charge is 0.496 e. The quantitative estimate of drug-likeness (QED) is 0.0671. The molecule has 0 aliphatic carbocycles. The van der Waals surface area contributed by atoms with Crippen molar-refractivity contribution in [3.63, 3.8) is 0 Å². The molecule has 2 aliphatic heterocycles. The number of pyridine rings is 1. The Balaban J connectivity index is 0.810. The Bertz CT molecular complexity index is 3190. The number of carbonyl (C=O) groups is 5. The van der Waals surface area contributed by atoms with Crippen LogP contribution < -0.4 is 30.9 Å². The Labute approximate surface area is 455 Å². The predicted octanol–water partition coefficient (Wildman–Crippen LogP) is 4.97. The maximum Gasteiger partial charge on any atom is 0.274 e. The number of carbonyl (C=O) groups excluding carboxylic acids is 5. The highest BCUT2D eigenvalue weighted by Crippen LogP contribution is 2.35. The lowest BCUT2D eigenvalue weighted by molar-refractivity contribution is -0.144. The van der Waals surface area contributed by atoms with E-state index < -0.39 is 59.7 Å².